The summed E-state index contributed by atoms with van der Waals surface area (Å²) in [6, 6.07) is 11.9. The first-order valence-electron chi connectivity index (χ1n) is 6.33. The highest BCUT2D eigenvalue weighted by Crippen LogP contribution is 2.21. The number of ketones is 1. The average molecular weight is 290 g/mol. The molecule has 0 amide bonds. The molecule has 0 unspecified atom stereocenters. The van der Waals surface area contributed by atoms with Crippen LogP contribution in [0.25, 0.3) is 0 Å². The van der Waals surface area contributed by atoms with Gasteiger partial charge in [0.2, 0.25) is 0 Å². The molecule has 0 fully saturated rings. The van der Waals surface area contributed by atoms with Crippen molar-refractivity contribution in [1.82, 2.24) is 0 Å². The summed E-state index contributed by atoms with van der Waals surface area (Å²) in [5, 5.41) is 0.452. The highest BCUT2D eigenvalue weighted by molar-refractivity contribution is 6.31. The third-order valence-electron chi connectivity index (χ3n) is 2.67. The van der Waals surface area contributed by atoms with Gasteiger partial charge in [-0.3, -0.25) is 4.79 Å². The van der Waals surface area contributed by atoms with E-state index in [0.29, 0.717) is 21.8 Å². The lowest BCUT2D eigenvalue weighted by Gasteiger charge is -2.10. The smallest absolute Gasteiger partial charge is 0.193 e. The Bertz CT molecular complexity index is 601. The molecule has 2 N–H and O–H groups in total. The lowest BCUT2D eigenvalue weighted by atomic mass is 10.0. The first-order valence-corrected chi connectivity index (χ1v) is 6.71. The van der Waals surface area contributed by atoms with Gasteiger partial charge in [-0.05, 0) is 56.3 Å². The van der Waals surface area contributed by atoms with Crippen LogP contribution in [0.15, 0.2) is 42.5 Å². The van der Waals surface area contributed by atoms with Gasteiger partial charge in [0.1, 0.15) is 5.75 Å². The van der Waals surface area contributed by atoms with E-state index in [0.717, 1.165) is 5.75 Å². The van der Waals surface area contributed by atoms with Crippen molar-refractivity contribution in [3.05, 3.63) is 58.6 Å². The van der Waals surface area contributed by atoms with E-state index in [4.69, 9.17) is 22.1 Å². The van der Waals surface area contributed by atoms with E-state index < -0.39 is 0 Å². The maximum Gasteiger partial charge on any atom is 0.193 e. The Hall–Kier alpha value is -2.00. The van der Waals surface area contributed by atoms with E-state index in [-0.39, 0.29) is 11.9 Å². The van der Waals surface area contributed by atoms with Gasteiger partial charge in [-0.25, -0.2) is 0 Å². The number of rotatable bonds is 4. The van der Waals surface area contributed by atoms with Crippen LogP contribution in [0.3, 0.4) is 0 Å². The Morgan fingerprint density at radius 3 is 2.30 bits per heavy atom. The standard InChI is InChI=1S/C16H16ClNO2/c1-10(2)20-15-5-3-11(4-6-15)16(19)12-7-13(17)9-14(18)8-12/h3-10H,18H2,1-2H3. The number of hydrogen-bond donors (Lipinski definition) is 1. The second-order valence-electron chi connectivity index (χ2n) is 4.79. The van der Waals surface area contributed by atoms with Crippen molar-refractivity contribution in [1.29, 1.82) is 0 Å². The minimum atomic E-state index is -0.115. The number of anilines is 1. The molecule has 0 bridgehead atoms. The first-order chi connectivity index (χ1) is 9.45. The predicted octanol–water partition coefficient (Wildman–Crippen LogP) is 3.94. The number of benzene rings is 2. The fourth-order valence-corrected chi connectivity index (χ4v) is 2.11. The molecule has 0 atom stereocenters. The van der Waals surface area contributed by atoms with E-state index in [2.05, 4.69) is 0 Å². The summed E-state index contributed by atoms with van der Waals surface area (Å²) in [6.07, 6.45) is 0.101. The molecule has 0 saturated carbocycles. The van der Waals surface area contributed by atoms with Crippen LogP contribution in [0.2, 0.25) is 5.02 Å². The lowest BCUT2D eigenvalue weighted by molar-refractivity contribution is 0.103. The quantitative estimate of drug-likeness (QED) is 0.685. The lowest BCUT2D eigenvalue weighted by Crippen LogP contribution is -2.06. The number of nitrogen functional groups attached to an aromatic ring is 1. The fraction of sp³-hybridized carbons (Fsp3) is 0.188. The zero-order valence-electron chi connectivity index (χ0n) is 11.4. The summed E-state index contributed by atoms with van der Waals surface area (Å²) in [4.78, 5) is 12.3. The molecular weight excluding hydrogens is 274 g/mol. The molecule has 0 aliphatic rings. The van der Waals surface area contributed by atoms with Gasteiger partial charge in [-0.1, -0.05) is 11.6 Å². The molecular formula is C16H16ClNO2. The van der Waals surface area contributed by atoms with E-state index >= 15 is 0 Å². The summed E-state index contributed by atoms with van der Waals surface area (Å²) in [5.41, 5.74) is 7.22. The molecule has 0 aliphatic carbocycles. The monoisotopic (exact) mass is 289 g/mol. The van der Waals surface area contributed by atoms with E-state index in [1.165, 1.54) is 0 Å². The number of carbonyl (C=O) groups is 1. The van der Waals surface area contributed by atoms with Crippen LogP contribution in [0.4, 0.5) is 5.69 Å². The summed E-state index contributed by atoms with van der Waals surface area (Å²) in [6.45, 7) is 3.90. The Labute approximate surface area is 123 Å². The zero-order chi connectivity index (χ0) is 14.7. The van der Waals surface area contributed by atoms with Crippen molar-refractivity contribution in [2.45, 2.75) is 20.0 Å². The van der Waals surface area contributed by atoms with Crippen LogP contribution in [-0.2, 0) is 0 Å². The van der Waals surface area contributed by atoms with Gasteiger partial charge in [-0.2, -0.15) is 0 Å². The van der Waals surface area contributed by atoms with Crippen molar-refractivity contribution >= 4 is 23.1 Å². The minimum absolute atomic E-state index is 0.101. The van der Waals surface area contributed by atoms with Crippen LogP contribution in [-0.4, -0.2) is 11.9 Å². The largest absolute Gasteiger partial charge is 0.491 e. The topological polar surface area (TPSA) is 52.3 Å². The summed E-state index contributed by atoms with van der Waals surface area (Å²) < 4.78 is 5.54. The summed E-state index contributed by atoms with van der Waals surface area (Å²) in [5.74, 6) is 0.623. The molecule has 104 valence electrons. The van der Waals surface area contributed by atoms with Gasteiger partial charge >= 0.3 is 0 Å². The van der Waals surface area contributed by atoms with Gasteiger partial charge < -0.3 is 10.5 Å². The van der Waals surface area contributed by atoms with Gasteiger partial charge in [-0.15, -0.1) is 0 Å². The molecule has 2 rings (SSSR count). The summed E-state index contributed by atoms with van der Waals surface area (Å²) in [7, 11) is 0. The number of carbonyl (C=O) groups excluding carboxylic acids is 1. The average Bonchev–Trinajstić information content (AvgIpc) is 2.37. The first kappa shape index (κ1) is 14.4. The molecule has 4 heteroatoms. The molecule has 0 aromatic heterocycles. The van der Waals surface area contributed by atoms with Crippen LogP contribution < -0.4 is 10.5 Å². The highest BCUT2D eigenvalue weighted by Gasteiger charge is 2.11. The van der Waals surface area contributed by atoms with Crippen molar-refractivity contribution in [3.8, 4) is 5.75 Å². The van der Waals surface area contributed by atoms with Crippen molar-refractivity contribution in [2.75, 3.05) is 5.73 Å². The molecule has 0 aliphatic heterocycles. The minimum Gasteiger partial charge on any atom is -0.491 e. The molecule has 0 heterocycles. The van der Waals surface area contributed by atoms with Gasteiger partial charge in [0, 0.05) is 21.8 Å². The Morgan fingerprint density at radius 1 is 1.10 bits per heavy atom. The second-order valence-corrected chi connectivity index (χ2v) is 5.23. The fourth-order valence-electron chi connectivity index (χ4n) is 1.87. The van der Waals surface area contributed by atoms with Crippen LogP contribution >= 0.6 is 11.6 Å². The molecule has 0 radical (unpaired) electrons. The number of halogens is 1. The summed E-state index contributed by atoms with van der Waals surface area (Å²) >= 11 is 5.91. The molecule has 3 nitrogen and oxygen atoms in total. The van der Waals surface area contributed by atoms with Crippen LogP contribution in [0.1, 0.15) is 29.8 Å². The second kappa shape index (κ2) is 5.97. The molecule has 0 spiro atoms. The van der Waals surface area contributed by atoms with Gasteiger partial charge in [0.15, 0.2) is 5.78 Å². The van der Waals surface area contributed by atoms with E-state index in [9.17, 15) is 4.79 Å². The third-order valence-corrected chi connectivity index (χ3v) is 2.89. The Balaban J connectivity index is 2.24. The highest BCUT2D eigenvalue weighted by atomic mass is 35.5. The zero-order valence-corrected chi connectivity index (χ0v) is 12.1. The number of nitrogens with two attached hydrogens (primary N) is 1. The van der Waals surface area contributed by atoms with Gasteiger partial charge in [0.25, 0.3) is 0 Å². The number of ether oxygens (including phenoxy) is 1. The Kier molecular flexibility index (Phi) is 4.30. The molecule has 0 saturated heterocycles. The molecule has 2 aromatic carbocycles. The predicted molar refractivity (Wildman–Crippen MR) is 81.5 cm³/mol. The molecule has 2 aromatic rings. The van der Waals surface area contributed by atoms with Gasteiger partial charge in [0.05, 0.1) is 6.10 Å². The van der Waals surface area contributed by atoms with Crippen LogP contribution in [0, 0.1) is 0 Å². The Morgan fingerprint density at radius 2 is 1.75 bits per heavy atom. The SMILES string of the molecule is CC(C)Oc1ccc(C(=O)c2cc(N)cc(Cl)c2)cc1. The maximum atomic E-state index is 12.3. The number of hydrogen-bond acceptors (Lipinski definition) is 3. The normalized spacial score (nSPS) is 10.6. The maximum absolute atomic E-state index is 12.3. The van der Waals surface area contributed by atoms with E-state index in [1.54, 1.807) is 42.5 Å². The van der Waals surface area contributed by atoms with Crippen molar-refractivity contribution in [3.63, 3.8) is 0 Å². The van der Waals surface area contributed by atoms with Crippen LogP contribution in [0.5, 0.6) is 5.75 Å². The van der Waals surface area contributed by atoms with Crippen molar-refractivity contribution < 1.29 is 9.53 Å². The third kappa shape index (κ3) is 3.52. The van der Waals surface area contributed by atoms with E-state index in [1.807, 2.05) is 13.8 Å². The van der Waals surface area contributed by atoms with Crippen molar-refractivity contribution in [2.24, 2.45) is 0 Å². The molecule has 20 heavy (non-hydrogen) atoms.